The van der Waals surface area contributed by atoms with Crippen molar-refractivity contribution in [1.29, 1.82) is 5.26 Å². The lowest BCUT2D eigenvalue weighted by molar-refractivity contribution is 0.312. The summed E-state index contributed by atoms with van der Waals surface area (Å²) in [5, 5.41) is 10.1. The van der Waals surface area contributed by atoms with Crippen molar-refractivity contribution in [2.45, 2.75) is 44.3 Å². The van der Waals surface area contributed by atoms with Crippen LogP contribution in [0.3, 0.4) is 0 Å². The van der Waals surface area contributed by atoms with E-state index in [9.17, 15) is 14.4 Å². The Hall–Kier alpha value is -2.20. The van der Waals surface area contributed by atoms with E-state index in [1.807, 2.05) is 19.9 Å². The summed E-state index contributed by atoms with van der Waals surface area (Å²) in [5.74, 6) is 1.25. The normalized spacial score (nSPS) is 18.7. The van der Waals surface area contributed by atoms with Crippen molar-refractivity contribution in [3.63, 3.8) is 0 Å². The van der Waals surface area contributed by atoms with E-state index in [1.165, 1.54) is 11.8 Å². The van der Waals surface area contributed by atoms with Gasteiger partial charge in [0, 0.05) is 35.2 Å². The van der Waals surface area contributed by atoms with E-state index < -0.39 is 12.1 Å². The average Bonchev–Trinajstić information content (AvgIpc) is 2.68. The first-order valence-electron chi connectivity index (χ1n) is 8.64. The predicted octanol–water partition coefficient (Wildman–Crippen LogP) is 3.56. The second-order valence-electron chi connectivity index (χ2n) is 7.04. The third-order valence-corrected chi connectivity index (χ3v) is 6.27. The van der Waals surface area contributed by atoms with Gasteiger partial charge in [-0.3, -0.25) is 18.7 Å². The van der Waals surface area contributed by atoms with Crippen LogP contribution in [0.2, 0.25) is 0 Å². The molecule has 26 heavy (non-hydrogen) atoms. The highest BCUT2D eigenvalue weighted by atomic mass is 32.2. The largest absolute Gasteiger partial charge is 0.286 e. The Labute approximate surface area is 156 Å². The Kier molecular flexibility index (Phi) is 5.15. The first-order chi connectivity index (χ1) is 12.4. The maximum Gasteiger partial charge on any atom is 0.272 e. The lowest BCUT2D eigenvalue weighted by atomic mass is 9.85. The van der Waals surface area contributed by atoms with E-state index in [1.54, 1.807) is 22.9 Å². The number of alkyl halides is 1. The smallest absolute Gasteiger partial charge is 0.272 e. The summed E-state index contributed by atoms with van der Waals surface area (Å²) in [7, 11) is 0. The van der Waals surface area contributed by atoms with Crippen molar-refractivity contribution < 1.29 is 4.39 Å². The summed E-state index contributed by atoms with van der Waals surface area (Å²) < 4.78 is 15.0. The topological polar surface area (TPSA) is 71.6 Å². The summed E-state index contributed by atoms with van der Waals surface area (Å²) in [5.41, 5.74) is 0.693. The van der Waals surface area contributed by atoms with E-state index in [4.69, 9.17) is 0 Å². The van der Waals surface area contributed by atoms with Crippen molar-refractivity contribution >= 4 is 11.8 Å². The molecule has 0 aliphatic carbocycles. The van der Waals surface area contributed by atoms with Gasteiger partial charge in [-0.05, 0) is 24.5 Å². The van der Waals surface area contributed by atoms with Crippen LogP contribution in [-0.2, 0) is 12.0 Å². The molecule has 0 saturated carbocycles. The summed E-state index contributed by atoms with van der Waals surface area (Å²) in [4.78, 5) is 21.7. The Morgan fingerprint density at radius 3 is 2.85 bits per heavy atom. The molecule has 0 saturated heterocycles. The minimum atomic E-state index is -0.634. The quantitative estimate of drug-likeness (QED) is 0.768. The SMILES string of the molecule is CCC(C)(CF)c1ccc(-c2nc3n(c(=O)c2C#N)CC(C)CS3)cn1. The summed E-state index contributed by atoms with van der Waals surface area (Å²) in [6, 6.07) is 5.52. The lowest BCUT2D eigenvalue weighted by Crippen LogP contribution is -2.32. The molecule has 0 bridgehead atoms. The molecule has 2 aromatic rings. The molecule has 0 radical (unpaired) electrons. The Morgan fingerprint density at radius 2 is 2.27 bits per heavy atom. The molecule has 0 amide bonds. The molecule has 2 aromatic heterocycles. The molecule has 0 N–H and O–H groups in total. The van der Waals surface area contributed by atoms with Gasteiger partial charge >= 0.3 is 0 Å². The minimum absolute atomic E-state index is 0.0294. The molecule has 0 spiro atoms. The first-order valence-corrected chi connectivity index (χ1v) is 9.62. The fourth-order valence-electron chi connectivity index (χ4n) is 2.93. The van der Waals surface area contributed by atoms with Crippen LogP contribution in [0.4, 0.5) is 4.39 Å². The van der Waals surface area contributed by atoms with E-state index in [2.05, 4.69) is 16.9 Å². The predicted molar refractivity (Wildman–Crippen MR) is 99.9 cm³/mol. The number of hydrogen-bond acceptors (Lipinski definition) is 5. The average molecular weight is 372 g/mol. The second kappa shape index (κ2) is 7.20. The first kappa shape index (κ1) is 18.6. The summed E-state index contributed by atoms with van der Waals surface area (Å²) >= 11 is 1.53. The second-order valence-corrected chi connectivity index (χ2v) is 8.03. The molecular weight excluding hydrogens is 351 g/mol. The number of halogens is 1. The van der Waals surface area contributed by atoms with Crippen molar-refractivity contribution in [2.75, 3.05) is 12.4 Å². The van der Waals surface area contributed by atoms with Gasteiger partial charge in [-0.15, -0.1) is 0 Å². The molecular formula is C19H21FN4OS. The zero-order valence-electron chi connectivity index (χ0n) is 15.1. The Bertz CT molecular complexity index is 913. The van der Waals surface area contributed by atoms with Crippen LogP contribution in [0.5, 0.6) is 0 Å². The van der Waals surface area contributed by atoms with Gasteiger partial charge in [-0.1, -0.05) is 32.5 Å². The van der Waals surface area contributed by atoms with Gasteiger partial charge in [0.05, 0.1) is 5.69 Å². The fraction of sp³-hybridized carbons (Fsp3) is 0.474. The highest BCUT2D eigenvalue weighted by Crippen LogP contribution is 2.30. The fourth-order valence-corrected chi connectivity index (χ4v) is 3.94. The third kappa shape index (κ3) is 3.14. The van der Waals surface area contributed by atoms with Crippen LogP contribution in [0.1, 0.15) is 38.4 Å². The van der Waals surface area contributed by atoms with Crippen LogP contribution in [-0.4, -0.2) is 27.0 Å². The standard InChI is InChI=1S/C19H21FN4OS/c1-4-19(3,11-20)15-6-5-13(8-22-15)16-14(7-21)17(25)24-9-12(2)10-26-18(24)23-16/h5-6,8,12H,4,9-11H2,1-3H3. The molecule has 2 atom stereocenters. The number of thioether (sulfide) groups is 1. The van der Waals surface area contributed by atoms with Gasteiger partial charge in [-0.2, -0.15) is 5.26 Å². The molecule has 5 nitrogen and oxygen atoms in total. The maximum absolute atomic E-state index is 13.4. The number of nitriles is 1. The Morgan fingerprint density at radius 1 is 1.50 bits per heavy atom. The van der Waals surface area contributed by atoms with Crippen LogP contribution in [0.15, 0.2) is 28.3 Å². The summed E-state index contributed by atoms with van der Waals surface area (Å²) in [6.45, 7) is 5.91. The van der Waals surface area contributed by atoms with Crippen LogP contribution < -0.4 is 5.56 Å². The number of aromatic nitrogens is 3. The lowest BCUT2D eigenvalue weighted by Gasteiger charge is -2.24. The molecule has 3 rings (SSSR count). The maximum atomic E-state index is 13.4. The molecule has 1 aliphatic heterocycles. The third-order valence-electron chi connectivity index (χ3n) is 4.97. The van der Waals surface area contributed by atoms with Crippen LogP contribution in [0.25, 0.3) is 11.3 Å². The van der Waals surface area contributed by atoms with Gasteiger partial charge < -0.3 is 0 Å². The molecule has 136 valence electrons. The van der Waals surface area contributed by atoms with Gasteiger partial charge in [-0.25, -0.2) is 4.98 Å². The summed E-state index contributed by atoms with van der Waals surface area (Å²) in [6.07, 6.45) is 2.21. The van der Waals surface area contributed by atoms with Crippen LogP contribution >= 0.6 is 11.8 Å². The van der Waals surface area contributed by atoms with Gasteiger partial charge in [0.2, 0.25) is 0 Å². The van der Waals surface area contributed by atoms with Crippen molar-refractivity contribution in [2.24, 2.45) is 5.92 Å². The van der Waals surface area contributed by atoms with E-state index >= 15 is 0 Å². The van der Waals surface area contributed by atoms with Gasteiger partial charge in [0.1, 0.15) is 18.3 Å². The Balaban J connectivity index is 2.09. The molecule has 7 heteroatoms. The zero-order chi connectivity index (χ0) is 18.9. The minimum Gasteiger partial charge on any atom is -0.286 e. The molecule has 0 aromatic carbocycles. The number of pyridine rings is 1. The van der Waals surface area contributed by atoms with E-state index in [0.717, 1.165) is 5.75 Å². The number of rotatable bonds is 4. The number of fused-ring (bicyclic) bond motifs is 1. The highest BCUT2D eigenvalue weighted by molar-refractivity contribution is 7.99. The van der Waals surface area contributed by atoms with Crippen molar-refractivity contribution in [3.8, 4) is 17.3 Å². The molecule has 2 unspecified atom stereocenters. The van der Waals surface area contributed by atoms with Gasteiger partial charge in [0.25, 0.3) is 5.56 Å². The van der Waals surface area contributed by atoms with E-state index in [-0.39, 0.29) is 11.1 Å². The molecule has 3 heterocycles. The van der Waals surface area contributed by atoms with Crippen molar-refractivity contribution in [3.05, 3.63) is 39.9 Å². The highest BCUT2D eigenvalue weighted by Gasteiger charge is 2.27. The zero-order valence-corrected chi connectivity index (χ0v) is 15.9. The molecule has 0 fully saturated rings. The number of hydrogen-bond donors (Lipinski definition) is 0. The monoisotopic (exact) mass is 372 g/mol. The van der Waals surface area contributed by atoms with Crippen LogP contribution in [0, 0.1) is 17.2 Å². The van der Waals surface area contributed by atoms with Gasteiger partial charge in [0.15, 0.2) is 5.16 Å². The van der Waals surface area contributed by atoms with Crippen molar-refractivity contribution in [1.82, 2.24) is 14.5 Å². The van der Waals surface area contributed by atoms with E-state index in [0.29, 0.717) is 41.0 Å². The number of nitrogens with zero attached hydrogens (tertiary/aromatic N) is 4. The molecule has 1 aliphatic rings.